The minimum atomic E-state index is -0.0700. The minimum Gasteiger partial charge on any atom is -0.240 e. The monoisotopic (exact) mass is 268 g/mol. The molecule has 1 aromatic carbocycles. The lowest BCUT2D eigenvalue weighted by Gasteiger charge is -2.02. The van der Waals surface area contributed by atoms with Gasteiger partial charge in [0.1, 0.15) is 5.01 Å². The molecule has 0 fully saturated rings. The molecule has 1 aliphatic rings. The van der Waals surface area contributed by atoms with E-state index < -0.39 is 0 Å². The van der Waals surface area contributed by atoms with Crippen molar-refractivity contribution in [2.75, 3.05) is 0 Å². The van der Waals surface area contributed by atoms with Gasteiger partial charge < -0.3 is 0 Å². The van der Waals surface area contributed by atoms with Crippen molar-refractivity contribution in [2.24, 2.45) is 0 Å². The Morgan fingerprint density at radius 1 is 1.37 bits per heavy atom. The van der Waals surface area contributed by atoms with Gasteiger partial charge in [-0.05, 0) is 42.9 Å². The zero-order chi connectivity index (χ0) is 13.2. The summed E-state index contributed by atoms with van der Waals surface area (Å²) in [7, 11) is 0. The Bertz CT molecular complexity index is 636. The molecule has 0 amide bonds. The Kier molecular flexibility index (Phi) is 3.35. The van der Waals surface area contributed by atoms with Gasteiger partial charge in [0.05, 0.1) is 17.7 Å². The van der Waals surface area contributed by atoms with Crippen LogP contribution in [-0.2, 0) is 12.8 Å². The van der Waals surface area contributed by atoms with Crippen LogP contribution in [0.25, 0.3) is 10.6 Å². The van der Waals surface area contributed by atoms with Crippen molar-refractivity contribution in [1.29, 1.82) is 5.26 Å². The second-order valence-electron chi connectivity index (χ2n) is 5.00. The molecule has 2 aromatic rings. The second-order valence-corrected chi connectivity index (χ2v) is 5.86. The number of aromatic nitrogens is 1. The SMILES string of the molecule is CCC(C#N)c1csc(-c2ccc3c(c2)CCC3)n1. The molecule has 0 aliphatic heterocycles. The number of fused-ring (bicyclic) bond motifs is 1. The van der Waals surface area contributed by atoms with Crippen LogP contribution in [0.2, 0.25) is 0 Å². The van der Waals surface area contributed by atoms with Crippen molar-refractivity contribution < 1.29 is 0 Å². The first-order valence-corrected chi connectivity index (χ1v) is 7.67. The summed E-state index contributed by atoms with van der Waals surface area (Å²) < 4.78 is 0. The molecule has 1 atom stereocenters. The first-order chi connectivity index (χ1) is 9.31. The van der Waals surface area contributed by atoms with Gasteiger partial charge in [-0.2, -0.15) is 5.26 Å². The third-order valence-corrected chi connectivity index (χ3v) is 4.70. The van der Waals surface area contributed by atoms with Crippen LogP contribution in [0.1, 0.15) is 42.5 Å². The van der Waals surface area contributed by atoms with E-state index in [0.717, 1.165) is 17.1 Å². The molecule has 0 saturated heterocycles. The number of hydrogen-bond acceptors (Lipinski definition) is 3. The fourth-order valence-corrected chi connectivity index (χ4v) is 3.52. The highest BCUT2D eigenvalue weighted by Crippen LogP contribution is 2.31. The summed E-state index contributed by atoms with van der Waals surface area (Å²) in [5.41, 5.74) is 5.08. The quantitative estimate of drug-likeness (QED) is 0.831. The van der Waals surface area contributed by atoms with E-state index in [1.807, 2.05) is 12.3 Å². The van der Waals surface area contributed by atoms with Gasteiger partial charge in [0, 0.05) is 10.9 Å². The van der Waals surface area contributed by atoms with Crippen molar-refractivity contribution in [2.45, 2.75) is 38.5 Å². The molecule has 0 bridgehead atoms. The van der Waals surface area contributed by atoms with E-state index in [1.165, 1.54) is 36.0 Å². The van der Waals surface area contributed by atoms with E-state index in [4.69, 9.17) is 5.26 Å². The first kappa shape index (κ1) is 12.4. The number of thiazole rings is 1. The number of nitrogens with zero attached hydrogens (tertiary/aromatic N) is 2. The van der Waals surface area contributed by atoms with E-state index >= 15 is 0 Å². The van der Waals surface area contributed by atoms with Gasteiger partial charge >= 0.3 is 0 Å². The number of aryl methyl sites for hydroxylation is 2. The van der Waals surface area contributed by atoms with Crippen LogP contribution in [0.4, 0.5) is 0 Å². The molecular formula is C16H16N2S. The Morgan fingerprint density at radius 2 is 2.21 bits per heavy atom. The zero-order valence-electron chi connectivity index (χ0n) is 11.0. The molecule has 0 radical (unpaired) electrons. The van der Waals surface area contributed by atoms with Crippen LogP contribution in [0.5, 0.6) is 0 Å². The van der Waals surface area contributed by atoms with Crippen molar-refractivity contribution in [3.63, 3.8) is 0 Å². The first-order valence-electron chi connectivity index (χ1n) is 6.79. The van der Waals surface area contributed by atoms with Gasteiger partial charge in [0.15, 0.2) is 0 Å². The third kappa shape index (κ3) is 2.29. The summed E-state index contributed by atoms with van der Waals surface area (Å²) in [5, 5.41) is 12.2. The Labute approximate surface area is 117 Å². The number of hydrogen-bond donors (Lipinski definition) is 0. The molecular weight excluding hydrogens is 252 g/mol. The van der Waals surface area contributed by atoms with E-state index in [-0.39, 0.29) is 5.92 Å². The second kappa shape index (κ2) is 5.14. The summed E-state index contributed by atoms with van der Waals surface area (Å²) >= 11 is 1.64. The minimum absolute atomic E-state index is 0.0700. The summed E-state index contributed by atoms with van der Waals surface area (Å²) in [6.45, 7) is 2.03. The Balaban J connectivity index is 1.93. The van der Waals surface area contributed by atoms with Crippen LogP contribution >= 0.6 is 11.3 Å². The van der Waals surface area contributed by atoms with E-state index in [0.29, 0.717) is 0 Å². The van der Waals surface area contributed by atoms with Gasteiger partial charge in [-0.25, -0.2) is 4.98 Å². The Morgan fingerprint density at radius 3 is 3.00 bits per heavy atom. The van der Waals surface area contributed by atoms with Gasteiger partial charge in [-0.1, -0.05) is 19.1 Å². The molecule has 19 heavy (non-hydrogen) atoms. The Hall–Kier alpha value is -1.66. The molecule has 96 valence electrons. The van der Waals surface area contributed by atoms with Crippen molar-refractivity contribution in [1.82, 2.24) is 4.98 Å². The number of nitriles is 1. The summed E-state index contributed by atoms with van der Waals surface area (Å²) in [6, 6.07) is 9.00. The average molecular weight is 268 g/mol. The van der Waals surface area contributed by atoms with Gasteiger partial charge in [0.25, 0.3) is 0 Å². The lowest BCUT2D eigenvalue weighted by atomic mass is 10.1. The van der Waals surface area contributed by atoms with Crippen molar-refractivity contribution >= 4 is 11.3 Å². The topological polar surface area (TPSA) is 36.7 Å². The van der Waals surface area contributed by atoms with Crippen molar-refractivity contribution in [3.05, 3.63) is 40.4 Å². The molecule has 1 aliphatic carbocycles. The summed E-state index contributed by atoms with van der Waals surface area (Å²) in [4.78, 5) is 4.64. The molecule has 0 N–H and O–H groups in total. The molecule has 2 nitrogen and oxygen atoms in total. The standard InChI is InChI=1S/C16H16N2S/c1-2-11(9-17)15-10-19-16(18-15)14-7-6-12-4-3-5-13(12)8-14/h6-8,10-11H,2-5H2,1H3. The maximum atomic E-state index is 9.10. The maximum Gasteiger partial charge on any atom is 0.123 e. The predicted octanol–water partition coefficient (Wildman–Crippen LogP) is 4.32. The molecule has 1 heterocycles. The highest BCUT2D eigenvalue weighted by molar-refractivity contribution is 7.13. The molecule has 0 spiro atoms. The molecule has 1 aromatic heterocycles. The van der Waals surface area contributed by atoms with Crippen molar-refractivity contribution in [3.8, 4) is 16.6 Å². The van der Waals surface area contributed by atoms with E-state index in [9.17, 15) is 0 Å². The van der Waals surface area contributed by atoms with Gasteiger partial charge in [-0.15, -0.1) is 11.3 Å². The normalized spacial score (nSPS) is 14.9. The molecule has 0 saturated carbocycles. The maximum absolute atomic E-state index is 9.10. The summed E-state index contributed by atoms with van der Waals surface area (Å²) in [6.07, 6.45) is 4.50. The van der Waals surface area contributed by atoms with Gasteiger partial charge in [-0.3, -0.25) is 0 Å². The van der Waals surface area contributed by atoms with Crippen LogP contribution in [0.15, 0.2) is 23.6 Å². The number of benzene rings is 1. The largest absolute Gasteiger partial charge is 0.240 e. The predicted molar refractivity (Wildman–Crippen MR) is 78.2 cm³/mol. The van der Waals surface area contributed by atoms with Crippen LogP contribution in [0, 0.1) is 11.3 Å². The zero-order valence-corrected chi connectivity index (χ0v) is 11.8. The van der Waals surface area contributed by atoms with Gasteiger partial charge in [0.2, 0.25) is 0 Å². The lowest BCUT2D eigenvalue weighted by Crippen LogP contribution is -1.93. The highest BCUT2D eigenvalue weighted by atomic mass is 32.1. The molecule has 3 rings (SSSR count). The molecule has 1 unspecified atom stereocenters. The van der Waals surface area contributed by atoms with Crippen LogP contribution in [-0.4, -0.2) is 4.98 Å². The smallest absolute Gasteiger partial charge is 0.123 e. The fourth-order valence-electron chi connectivity index (χ4n) is 2.65. The fraction of sp³-hybridized carbons (Fsp3) is 0.375. The average Bonchev–Trinajstić information content (AvgIpc) is 3.08. The number of rotatable bonds is 3. The third-order valence-electron chi connectivity index (χ3n) is 3.79. The van der Waals surface area contributed by atoms with Crippen LogP contribution < -0.4 is 0 Å². The van der Waals surface area contributed by atoms with E-state index in [2.05, 4.69) is 29.3 Å². The highest BCUT2D eigenvalue weighted by Gasteiger charge is 2.15. The summed E-state index contributed by atoms with van der Waals surface area (Å²) in [5.74, 6) is -0.0700. The van der Waals surface area contributed by atoms with E-state index in [1.54, 1.807) is 11.3 Å². The molecule has 3 heteroatoms. The lowest BCUT2D eigenvalue weighted by molar-refractivity contribution is 0.795. The van der Waals surface area contributed by atoms with Crippen LogP contribution in [0.3, 0.4) is 0 Å².